The number of carboxylic acids is 2. The van der Waals surface area contributed by atoms with Crippen molar-refractivity contribution in [2.45, 2.75) is 31.0 Å². The van der Waals surface area contributed by atoms with E-state index in [2.05, 4.69) is 23.3 Å². The summed E-state index contributed by atoms with van der Waals surface area (Å²) in [6, 6.07) is -2.15. The van der Waals surface area contributed by atoms with Crippen molar-refractivity contribution in [2.24, 2.45) is 5.73 Å². The van der Waals surface area contributed by atoms with Crippen molar-refractivity contribution in [2.75, 3.05) is 25.5 Å². The maximum absolute atomic E-state index is 11.5. The molecule has 0 saturated heterocycles. The van der Waals surface area contributed by atoms with Crippen LogP contribution in [0.1, 0.15) is 12.8 Å². The van der Waals surface area contributed by atoms with Crippen LogP contribution in [0.5, 0.6) is 0 Å². The van der Waals surface area contributed by atoms with Gasteiger partial charge in [0.2, 0.25) is 11.8 Å². The summed E-state index contributed by atoms with van der Waals surface area (Å²) in [5.74, 6) is -3.70. The van der Waals surface area contributed by atoms with Gasteiger partial charge in [0, 0.05) is 12.2 Å². The van der Waals surface area contributed by atoms with Crippen molar-refractivity contribution in [3.05, 3.63) is 0 Å². The maximum atomic E-state index is 11.5. The number of hydrogen-bond donors (Lipinski definition) is 9. The number of nitrogens with one attached hydrogen (secondary N) is 2. The lowest BCUT2D eigenvalue weighted by molar-refractivity contribution is -0.139. The molecule has 0 aliphatic carbocycles. The molecule has 0 aliphatic rings. The molecule has 0 bridgehead atoms. The zero-order valence-electron chi connectivity index (χ0n) is 13.9. The van der Waals surface area contributed by atoms with E-state index >= 15 is 0 Å². The van der Waals surface area contributed by atoms with Crippen LogP contribution in [0.3, 0.4) is 0 Å². The molecule has 0 aromatic carbocycles. The summed E-state index contributed by atoms with van der Waals surface area (Å²) >= 11 is 3.87. The van der Waals surface area contributed by atoms with Gasteiger partial charge in [-0.2, -0.15) is 12.6 Å². The molecular weight excluding hydrogens is 374 g/mol. The van der Waals surface area contributed by atoms with E-state index in [0.29, 0.717) is 0 Å². The standard InChI is InChI=1S/C10H17N3O6S.C3H8O3/c11-5(10(18)19)1-2-7(14)13-6(4-20)9(17)12-3-8(15)16;4-1-3(6)2-5/h5-6,20H,1-4,11H2,(H,12,17)(H,13,14)(H,15,16)(H,18,19);3-6H,1-2H2. The Balaban J connectivity index is 0. The molecule has 0 heterocycles. The summed E-state index contributed by atoms with van der Waals surface area (Å²) in [7, 11) is 0. The Labute approximate surface area is 154 Å². The van der Waals surface area contributed by atoms with Gasteiger partial charge in [-0.25, -0.2) is 0 Å². The number of nitrogens with two attached hydrogens (primary N) is 1. The molecule has 12 nitrogen and oxygen atoms in total. The molecule has 9 N–H and O–H groups in total. The summed E-state index contributed by atoms with van der Waals surface area (Å²) in [4.78, 5) is 43.7. The predicted octanol–water partition coefficient (Wildman–Crippen LogP) is -3.87. The Kier molecular flexibility index (Phi) is 15.5. The lowest BCUT2D eigenvalue weighted by Crippen LogP contribution is -2.49. The Hall–Kier alpha value is -1.93. The third-order valence-corrected chi connectivity index (χ3v) is 3.03. The van der Waals surface area contributed by atoms with E-state index in [9.17, 15) is 19.2 Å². The lowest BCUT2D eigenvalue weighted by atomic mass is 10.1. The smallest absolute Gasteiger partial charge is 0.322 e. The van der Waals surface area contributed by atoms with Crippen LogP contribution in [0.2, 0.25) is 0 Å². The average molecular weight is 399 g/mol. The van der Waals surface area contributed by atoms with E-state index in [1.165, 1.54) is 0 Å². The Bertz CT molecular complexity index is 460. The second kappa shape index (κ2) is 15.3. The van der Waals surface area contributed by atoms with E-state index in [4.69, 9.17) is 31.3 Å². The van der Waals surface area contributed by atoms with Crippen LogP contribution in [-0.4, -0.2) is 93.0 Å². The van der Waals surface area contributed by atoms with Gasteiger partial charge in [0.05, 0.1) is 13.2 Å². The van der Waals surface area contributed by atoms with E-state index in [1.807, 2.05) is 0 Å². The largest absolute Gasteiger partial charge is 0.480 e. The summed E-state index contributed by atoms with van der Waals surface area (Å²) in [5.41, 5.74) is 5.23. The Morgan fingerprint density at radius 3 is 1.96 bits per heavy atom. The minimum absolute atomic E-state index is 0.0256. The van der Waals surface area contributed by atoms with Crippen molar-refractivity contribution < 1.29 is 44.7 Å². The first-order valence-corrected chi connectivity index (χ1v) is 8.00. The first-order valence-electron chi connectivity index (χ1n) is 7.36. The number of rotatable bonds is 11. The molecule has 2 amide bonds. The van der Waals surface area contributed by atoms with Gasteiger partial charge in [0.15, 0.2) is 0 Å². The van der Waals surface area contributed by atoms with E-state index in [-0.39, 0.29) is 31.8 Å². The molecule has 0 radical (unpaired) electrons. The number of carbonyl (C=O) groups excluding carboxylic acids is 2. The molecule has 13 heteroatoms. The number of hydrogen-bond acceptors (Lipinski definition) is 9. The highest BCUT2D eigenvalue weighted by atomic mass is 32.1. The fourth-order valence-corrected chi connectivity index (χ4v) is 1.47. The van der Waals surface area contributed by atoms with Crippen LogP contribution >= 0.6 is 12.6 Å². The molecule has 0 aromatic rings. The number of thiol groups is 1. The summed E-state index contributed by atoms with van der Waals surface area (Å²) in [5, 5.41) is 45.4. The highest BCUT2D eigenvalue weighted by molar-refractivity contribution is 7.80. The quantitative estimate of drug-likeness (QED) is 0.154. The highest BCUT2D eigenvalue weighted by Gasteiger charge is 2.20. The van der Waals surface area contributed by atoms with Crippen LogP contribution in [0.4, 0.5) is 0 Å². The van der Waals surface area contributed by atoms with Crippen molar-refractivity contribution in [3.63, 3.8) is 0 Å². The maximum Gasteiger partial charge on any atom is 0.322 e. The number of amides is 2. The minimum Gasteiger partial charge on any atom is -0.480 e. The Morgan fingerprint density at radius 2 is 1.62 bits per heavy atom. The molecular formula is C13H25N3O9S. The SMILES string of the molecule is NC(CCC(=O)NC(CS)C(=O)NCC(=O)O)C(=O)O.OCC(O)CO. The lowest BCUT2D eigenvalue weighted by Gasteiger charge is -2.16. The average Bonchev–Trinajstić information content (AvgIpc) is 2.61. The van der Waals surface area contributed by atoms with Crippen LogP contribution in [-0.2, 0) is 19.2 Å². The molecule has 2 atom stereocenters. The molecule has 0 aromatic heterocycles. The number of carbonyl (C=O) groups is 4. The number of aliphatic carboxylic acids is 2. The van der Waals surface area contributed by atoms with E-state index < -0.39 is 48.5 Å². The van der Waals surface area contributed by atoms with Crippen LogP contribution in [0, 0.1) is 0 Å². The topological polar surface area (TPSA) is 220 Å². The van der Waals surface area contributed by atoms with Gasteiger partial charge in [-0.15, -0.1) is 0 Å². The molecule has 0 spiro atoms. The van der Waals surface area contributed by atoms with E-state index in [1.54, 1.807) is 0 Å². The molecule has 0 aliphatic heterocycles. The van der Waals surface area contributed by atoms with Gasteiger partial charge < -0.3 is 41.9 Å². The van der Waals surface area contributed by atoms with Gasteiger partial charge in [0.25, 0.3) is 0 Å². The van der Waals surface area contributed by atoms with Crippen LogP contribution < -0.4 is 16.4 Å². The zero-order chi connectivity index (χ0) is 20.7. The number of aliphatic hydroxyl groups excluding tert-OH is 3. The molecule has 26 heavy (non-hydrogen) atoms. The molecule has 0 fully saturated rings. The second-order valence-electron chi connectivity index (χ2n) is 4.92. The normalized spacial score (nSPS) is 12.4. The third kappa shape index (κ3) is 14.4. The van der Waals surface area contributed by atoms with Crippen molar-refractivity contribution in [1.82, 2.24) is 10.6 Å². The van der Waals surface area contributed by atoms with Gasteiger partial charge in [-0.05, 0) is 6.42 Å². The van der Waals surface area contributed by atoms with Crippen LogP contribution in [0.25, 0.3) is 0 Å². The molecule has 0 rings (SSSR count). The van der Waals surface area contributed by atoms with Crippen molar-refractivity contribution in [3.8, 4) is 0 Å². The third-order valence-electron chi connectivity index (χ3n) is 2.67. The number of aliphatic hydroxyl groups is 3. The minimum atomic E-state index is -1.22. The summed E-state index contributed by atoms with van der Waals surface area (Å²) < 4.78 is 0. The van der Waals surface area contributed by atoms with Gasteiger partial charge in [0.1, 0.15) is 24.7 Å². The van der Waals surface area contributed by atoms with Gasteiger partial charge in [-0.3, -0.25) is 19.2 Å². The number of carboxylic acid groups (broad SMARTS) is 2. The summed E-state index contributed by atoms with van der Waals surface area (Å²) in [6.07, 6.45) is -1.19. The highest BCUT2D eigenvalue weighted by Crippen LogP contribution is 1.97. The second-order valence-corrected chi connectivity index (χ2v) is 5.28. The van der Waals surface area contributed by atoms with Crippen molar-refractivity contribution >= 4 is 36.4 Å². The first-order chi connectivity index (χ1) is 12.1. The fraction of sp³-hybridized carbons (Fsp3) is 0.692. The fourth-order valence-electron chi connectivity index (χ4n) is 1.21. The van der Waals surface area contributed by atoms with E-state index in [0.717, 1.165) is 0 Å². The predicted molar refractivity (Wildman–Crippen MR) is 91.5 cm³/mol. The molecule has 0 saturated carbocycles. The van der Waals surface area contributed by atoms with Gasteiger partial charge >= 0.3 is 11.9 Å². The molecule has 152 valence electrons. The Morgan fingerprint density at radius 1 is 1.08 bits per heavy atom. The first kappa shape index (κ1) is 26.3. The zero-order valence-corrected chi connectivity index (χ0v) is 14.8. The molecule has 2 unspecified atom stereocenters. The van der Waals surface area contributed by atoms with Crippen LogP contribution in [0.15, 0.2) is 0 Å². The van der Waals surface area contributed by atoms with Gasteiger partial charge in [-0.1, -0.05) is 0 Å². The van der Waals surface area contributed by atoms with Crippen molar-refractivity contribution in [1.29, 1.82) is 0 Å². The monoisotopic (exact) mass is 399 g/mol. The summed E-state index contributed by atoms with van der Waals surface area (Å²) in [6.45, 7) is -1.30.